The smallest absolute Gasteiger partial charge is 0.291 e. The molecule has 2 heterocycles. The van der Waals surface area contributed by atoms with Crippen LogP contribution in [0.15, 0.2) is 42.1 Å². The number of pyridine rings is 1. The molecule has 1 saturated heterocycles. The number of benzene rings is 1. The third-order valence-corrected chi connectivity index (χ3v) is 7.91. The number of allylic oxidation sites excluding steroid dienone is 1. The number of nitrogens with one attached hydrogen (secondary N) is 2. The Kier molecular flexibility index (Phi) is 9.10. The third kappa shape index (κ3) is 6.92. The van der Waals surface area contributed by atoms with Gasteiger partial charge in [-0.15, -0.1) is 10.1 Å². The van der Waals surface area contributed by atoms with Crippen molar-refractivity contribution in [3.63, 3.8) is 0 Å². The lowest BCUT2D eigenvalue weighted by molar-refractivity contribution is -0.742. The first-order chi connectivity index (χ1) is 18.1. The van der Waals surface area contributed by atoms with E-state index >= 15 is 0 Å². The summed E-state index contributed by atoms with van der Waals surface area (Å²) in [5, 5.41) is 22.7. The number of aromatic nitrogens is 1. The molecule has 38 heavy (non-hydrogen) atoms. The average molecular weight is 549 g/mol. The van der Waals surface area contributed by atoms with Crippen molar-refractivity contribution in [2.24, 2.45) is 5.92 Å². The molecule has 1 aromatic carbocycles. The average Bonchev–Trinajstić information content (AvgIpc) is 2.87. The molecule has 1 spiro atoms. The highest BCUT2D eigenvalue weighted by molar-refractivity contribution is 6.31. The van der Waals surface area contributed by atoms with Gasteiger partial charge >= 0.3 is 0 Å². The zero-order chi connectivity index (χ0) is 27.3. The van der Waals surface area contributed by atoms with Crippen LogP contribution in [0.2, 0.25) is 5.02 Å². The number of fused-ring (bicyclic) bond motifs is 2. The quantitative estimate of drug-likeness (QED) is 0.138. The normalized spacial score (nSPS) is 28.8. The molecule has 2 atom stereocenters. The lowest BCUT2D eigenvalue weighted by atomic mass is 9.80. The highest BCUT2D eigenvalue weighted by Crippen LogP contribution is 2.46. The molecule has 3 aliphatic rings. The minimum Gasteiger partial charge on any atom is -0.383 e. The third-order valence-electron chi connectivity index (χ3n) is 7.67. The van der Waals surface area contributed by atoms with Crippen molar-refractivity contribution in [1.29, 1.82) is 0 Å². The van der Waals surface area contributed by atoms with E-state index in [0.29, 0.717) is 17.0 Å². The van der Waals surface area contributed by atoms with E-state index in [-0.39, 0.29) is 11.7 Å². The Labute approximate surface area is 227 Å². The van der Waals surface area contributed by atoms with Gasteiger partial charge in [0.1, 0.15) is 11.7 Å². The molecule has 10 nitrogen and oxygen atoms in total. The van der Waals surface area contributed by atoms with E-state index in [1.54, 1.807) is 0 Å². The van der Waals surface area contributed by atoms with Crippen LogP contribution < -0.4 is 10.6 Å². The maximum atomic E-state index is 8.36. The predicted octanol–water partition coefficient (Wildman–Crippen LogP) is 5.66. The van der Waals surface area contributed by atoms with E-state index < -0.39 is 10.9 Å². The van der Waals surface area contributed by atoms with E-state index in [2.05, 4.69) is 42.5 Å². The minimum absolute atomic E-state index is 0.0359. The fraction of sp³-hybridized carbons (Fsp3) is 0.593. The first-order valence-corrected chi connectivity index (χ1v) is 13.6. The van der Waals surface area contributed by atoms with E-state index in [1.807, 2.05) is 30.5 Å². The van der Waals surface area contributed by atoms with Crippen molar-refractivity contribution in [3.8, 4) is 0 Å². The van der Waals surface area contributed by atoms with Crippen LogP contribution in [0.3, 0.4) is 0 Å². The zero-order valence-corrected chi connectivity index (χ0v) is 22.9. The predicted molar refractivity (Wildman–Crippen MR) is 145 cm³/mol. The van der Waals surface area contributed by atoms with Crippen LogP contribution in [0.5, 0.6) is 0 Å². The molecule has 1 aliphatic heterocycles. The molecule has 2 aliphatic carbocycles. The molecule has 11 heteroatoms. The molecule has 5 rings (SSSR count). The van der Waals surface area contributed by atoms with Crippen LogP contribution >= 0.6 is 11.6 Å². The molecule has 1 saturated carbocycles. The van der Waals surface area contributed by atoms with Crippen molar-refractivity contribution in [2.45, 2.75) is 82.8 Å². The first kappa shape index (κ1) is 28.5. The minimum atomic E-state index is -1.50. The van der Waals surface area contributed by atoms with E-state index in [1.165, 1.54) is 5.57 Å². The summed E-state index contributed by atoms with van der Waals surface area (Å²) in [6.45, 7) is 8.34. The van der Waals surface area contributed by atoms with Crippen molar-refractivity contribution >= 4 is 28.2 Å². The Hall–Kier alpha value is -2.50. The number of rotatable bonds is 6. The Morgan fingerprint density at radius 3 is 2.66 bits per heavy atom. The SMILES string of the molecule is CC(C)C1=C[C@H]2OC3(CCC(NCCNc4ccnc5cc(Cl)ccc45)CC3)OO[C@@]2(C)CC1.O=[N+]([O-])O. The van der Waals surface area contributed by atoms with Gasteiger partial charge in [0.15, 0.2) is 0 Å². The van der Waals surface area contributed by atoms with Crippen LogP contribution in [0.4, 0.5) is 5.69 Å². The highest BCUT2D eigenvalue weighted by Gasteiger charge is 2.52. The van der Waals surface area contributed by atoms with Crippen LogP contribution in [0.25, 0.3) is 10.9 Å². The lowest BCUT2D eigenvalue weighted by Crippen LogP contribution is -2.59. The van der Waals surface area contributed by atoms with Gasteiger partial charge in [0.05, 0.1) is 5.52 Å². The fourth-order valence-electron chi connectivity index (χ4n) is 5.35. The summed E-state index contributed by atoms with van der Waals surface area (Å²) in [7, 11) is 0. The van der Waals surface area contributed by atoms with Gasteiger partial charge in [0.2, 0.25) is 5.79 Å². The molecule has 0 amide bonds. The molecule has 0 unspecified atom stereocenters. The van der Waals surface area contributed by atoms with Gasteiger partial charge in [-0.25, -0.2) is 9.78 Å². The van der Waals surface area contributed by atoms with Crippen molar-refractivity contribution in [3.05, 3.63) is 57.2 Å². The number of hydrogen-bond acceptors (Lipinski definition) is 8. The molecule has 208 valence electrons. The second-order valence-electron chi connectivity index (χ2n) is 10.7. The Bertz CT molecular complexity index is 1150. The van der Waals surface area contributed by atoms with Gasteiger partial charge < -0.3 is 20.6 Å². The first-order valence-electron chi connectivity index (χ1n) is 13.2. The van der Waals surface area contributed by atoms with Gasteiger partial charge in [-0.1, -0.05) is 37.1 Å². The molecule has 0 radical (unpaired) electrons. The number of halogens is 1. The van der Waals surface area contributed by atoms with E-state index in [9.17, 15) is 0 Å². The van der Waals surface area contributed by atoms with Crippen LogP contribution in [-0.4, -0.2) is 51.9 Å². The Morgan fingerprint density at radius 2 is 1.95 bits per heavy atom. The maximum Gasteiger partial charge on any atom is 0.291 e. The molecular weight excluding hydrogens is 512 g/mol. The van der Waals surface area contributed by atoms with Gasteiger partial charge in [-0.3, -0.25) is 4.98 Å². The monoisotopic (exact) mass is 548 g/mol. The fourth-order valence-corrected chi connectivity index (χ4v) is 5.52. The van der Waals surface area contributed by atoms with Crippen LogP contribution in [0.1, 0.15) is 59.3 Å². The van der Waals surface area contributed by atoms with Gasteiger partial charge in [-0.2, -0.15) is 0 Å². The Balaban J connectivity index is 0.000000786. The lowest BCUT2D eigenvalue weighted by Gasteiger charge is -2.51. The van der Waals surface area contributed by atoms with Crippen molar-refractivity contribution < 1.29 is 24.8 Å². The van der Waals surface area contributed by atoms with Gasteiger partial charge in [-0.05, 0) is 62.8 Å². The summed E-state index contributed by atoms with van der Waals surface area (Å²) in [5.41, 5.74) is 3.07. The summed E-state index contributed by atoms with van der Waals surface area (Å²) in [6.07, 6.45) is 9.75. The second kappa shape index (κ2) is 12.1. The number of anilines is 1. The van der Waals surface area contributed by atoms with Gasteiger partial charge in [0, 0.05) is 54.3 Å². The second-order valence-corrected chi connectivity index (χ2v) is 11.2. The number of nitrogens with zero attached hydrogens (tertiary/aromatic N) is 2. The van der Waals surface area contributed by atoms with Crippen molar-refractivity contribution in [2.75, 3.05) is 18.4 Å². The summed E-state index contributed by atoms with van der Waals surface area (Å²) in [4.78, 5) is 24.7. The van der Waals surface area contributed by atoms with Crippen molar-refractivity contribution in [1.82, 2.24) is 10.3 Å². The molecule has 1 aromatic heterocycles. The number of ether oxygens (including phenoxy) is 1. The largest absolute Gasteiger partial charge is 0.383 e. The molecule has 2 fully saturated rings. The van der Waals surface area contributed by atoms with Crippen LogP contribution in [-0.2, 0) is 14.5 Å². The highest BCUT2D eigenvalue weighted by atomic mass is 35.5. The molecule has 2 aromatic rings. The topological polar surface area (TPSA) is 128 Å². The summed E-state index contributed by atoms with van der Waals surface area (Å²) in [5.74, 6) is -0.0725. The van der Waals surface area contributed by atoms with Crippen LogP contribution in [0, 0.1) is 16.0 Å². The van der Waals surface area contributed by atoms with E-state index in [0.717, 1.165) is 68.2 Å². The maximum absolute atomic E-state index is 8.36. The van der Waals surface area contributed by atoms with E-state index in [4.69, 9.17) is 41.4 Å². The zero-order valence-electron chi connectivity index (χ0n) is 22.1. The summed E-state index contributed by atoms with van der Waals surface area (Å²) in [6, 6.07) is 8.28. The number of hydrogen-bond donors (Lipinski definition) is 3. The molecule has 3 N–H and O–H groups in total. The van der Waals surface area contributed by atoms with Gasteiger partial charge in [0.25, 0.3) is 5.09 Å². The molecular formula is C27H37ClN4O6. The summed E-state index contributed by atoms with van der Waals surface area (Å²) < 4.78 is 6.60. The summed E-state index contributed by atoms with van der Waals surface area (Å²) >= 11 is 6.10. The molecule has 0 bridgehead atoms. The standard InChI is InChI=1S/C27H36ClN3O3.HNO3/c1-18(2)19-6-10-26(3)25(16-19)32-27(34-33-26)11-7-21(8-12-27)29-14-15-31-23-9-13-30-24-17-20(28)4-5-22(23)24;2-1(3)4/h4-5,9,13,16-18,21,25,29H,6-8,10-12,14-15H2,1-3H3,(H,30,31);(H,2,3,4)/t21?,25-,26+,27?;/m1./s1. The Morgan fingerprint density at radius 1 is 1.21 bits per heavy atom.